The molecule has 0 atom stereocenters. The second-order valence-electron chi connectivity index (χ2n) is 5.52. The fourth-order valence-corrected chi connectivity index (χ4v) is 2.05. The Labute approximate surface area is 132 Å². The highest BCUT2D eigenvalue weighted by molar-refractivity contribution is 5.77. The summed E-state index contributed by atoms with van der Waals surface area (Å²) >= 11 is 0. The molecule has 0 N–H and O–H groups in total. The van der Waals surface area contributed by atoms with Gasteiger partial charge in [-0.3, -0.25) is 4.79 Å². The maximum Gasteiger partial charge on any atom is 0.132 e. The van der Waals surface area contributed by atoms with E-state index < -0.39 is 0 Å². The molecule has 1 nitrogen and oxygen atoms in total. The highest BCUT2D eigenvalue weighted by atomic mass is 16.1. The van der Waals surface area contributed by atoms with Crippen LogP contribution in [-0.2, 0) is 4.79 Å². The summed E-state index contributed by atoms with van der Waals surface area (Å²) in [6.45, 7) is 4.18. The van der Waals surface area contributed by atoms with E-state index in [0.29, 0.717) is 12.2 Å². The molecule has 0 aromatic carbocycles. The SMILES string of the molecule is CCCCC/C=C\C/C=C\C/C=C\CCCCC(=O)CC. The van der Waals surface area contributed by atoms with Crippen LogP contribution < -0.4 is 0 Å². The van der Waals surface area contributed by atoms with Crippen molar-refractivity contribution < 1.29 is 4.79 Å². The lowest BCUT2D eigenvalue weighted by Gasteiger charge is -1.95. The third-order valence-corrected chi connectivity index (χ3v) is 3.49. The Morgan fingerprint density at radius 3 is 1.76 bits per heavy atom. The van der Waals surface area contributed by atoms with Gasteiger partial charge in [0.2, 0.25) is 0 Å². The average molecular weight is 290 g/mol. The molecule has 0 rings (SSSR count). The van der Waals surface area contributed by atoms with Crippen LogP contribution in [0.2, 0.25) is 0 Å². The molecule has 0 aliphatic rings. The molecule has 0 aromatic heterocycles. The fourth-order valence-electron chi connectivity index (χ4n) is 2.05. The van der Waals surface area contributed by atoms with Gasteiger partial charge in [-0.2, -0.15) is 0 Å². The van der Waals surface area contributed by atoms with Gasteiger partial charge in [0.15, 0.2) is 0 Å². The molecule has 21 heavy (non-hydrogen) atoms. The molecule has 0 aliphatic heterocycles. The minimum atomic E-state index is 0.393. The molecule has 0 unspecified atom stereocenters. The van der Waals surface area contributed by atoms with Crippen LogP contribution in [-0.4, -0.2) is 5.78 Å². The van der Waals surface area contributed by atoms with Crippen molar-refractivity contribution in [1.82, 2.24) is 0 Å². The first-order chi connectivity index (χ1) is 10.3. The van der Waals surface area contributed by atoms with Gasteiger partial charge >= 0.3 is 0 Å². The summed E-state index contributed by atoms with van der Waals surface area (Å²) in [6.07, 6.45) is 25.5. The summed E-state index contributed by atoms with van der Waals surface area (Å²) in [4.78, 5) is 11.1. The zero-order valence-corrected chi connectivity index (χ0v) is 14.2. The number of carbonyl (C=O) groups excluding carboxylic acids is 1. The van der Waals surface area contributed by atoms with E-state index >= 15 is 0 Å². The normalized spacial score (nSPS) is 12.1. The second kappa shape index (κ2) is 16.9. The molecule has 120 valence electrons. The van der Waals surface area contributed by atoms with Crippen LogP contribution >= 0.6 is 0 Å². The van der Waals surface area contributed by atoms with Crippen molar-refractivity contribution in [3.8, 4) is 0 Å². The molecule has 0 radical (unpaired) electrons. The Morgan fingerprint density at radius 2 is 1.24 bits per heavy atom. The number of hydrogen-bond donors (Lipinski definition) is 0. The molecular weight excluding hydrogens is 256 g/mol. The van der Waals surface area contributed by atoms with Gasteiger partial charge in [0, 0.05) is 12.8 Å². The van der Waals surface area contributed by atoms with Gasteiger partial charge in [0.25, 0.3) is 0 Å². The predicted octanol–water partition coefficient (Wildman–Crippen LogP) is 6.56. The number of allylic oxidation sites excluding steroid dienone is 6. The van der Waals surface area contributed by atoms with Crippen LogP contribution in [0.15, 0.2) is 36.5 Å². The zero-order chi connectivity index (χ0) is 15.6. The number of hydrogen-bond acceptors (Lipinski definition) is 1. The molecule has 0 amide bonds. The second-order valence-corrected chi connectivity index (χ2v) is 5.52. The largest absolute Gasteiger partial charge is 0.300 e. The van der Waals surface area contributed by atoms with Crippen LogP contribution in [0.4, 0.5) is 0 Å². The first-order valence-corrected chi connectivity index (χ1v) is 8.77. The highest BCUT2D eigenvalue weighted by Crippen LogP contribution is 2.04. The van der Waals surface area contributed by atoms with Crippen molar-refractivity contribution in [2.45, 2.75) is 84.5 Å². The van der Waals surface area contributed by atoms with Gasteiger partial charge in [0.1, 0.15) is 5.78 Å². The molecule has 0 fully saturated rings. The summed E-state index contributed by atoms with van der Waals surface area (Å²) in [6, 6.07) is 0. The predicted molar refractivity (Wildman–Crippen MR) is 94.6 cm³/mol. The van der Waals surface area contributed by atoms with Gasteiger partial charge in [-0.25, -0.2) is 0 Å². The van der Waals surface area contributed by atoms with Crippen molar-refractivity contribution in [2.24, 2.45) is 0 Å². The van der Waals surface area contributed by atoms with Gasteiger partial charge < -0.3 is 0 Å². The van der Waals surface area contributed by atoms with E-state index in [-0.39, 0.29) is 0 Å². The van der Waals surface area contributed by atoms with Crippen molar-refractivity contribution >= 4 is 5.78 Å². The summed E-state index contributed by atoms with van der Waals surface area (Å²) in [5.74, 6) is 0.393. The lowest BCUT2D eigenvalue weighted by atomic mass is 10.1. The summed E-state index contributed by atoms with van der Waals surface area (Å²) in [5, 5.41) is 0. The van der Waals surface area contributed by atoms with E-state index in [4.69, 9.17) is 0 Å². The molecule has 0 bridgehead atoms. The molecule has 0 aromatic rings. The quantitative estimate of drug-likeness (QED) is 0.262. The van der Waals surface area contributed by atoms with Gasteiger partial charge in [-0.1, -0.05) is 63.1 Å². The molecule has 0 spiro atoms. The van der Waals surface area contributed by atoms with Crippen molar-refractivity contribution in [2.75, 3.05) is 0 Å². The number of unbranched alkanes of at least 4 members (excludes halogenated alkanes) is 5. The van der Waals surface area contributed by atoms with Gasteiger partial charge in [-0.15, -0.1) is 0 Å². The number of rotatable bonds is 14. The lowest BCUT2D eigenvalue weighted by Crippen LogP contribution is -1.93. The Bertz CT molecular complexity index is 310. The summed E-state index contributed by atoms with van der Waals surface area (Å²) in [7, 11) is 0. The molecule has 0 saturated heterocycles. The third-order valence-electron chi connectivity index (χ3n) is 3.49. The summed E-state index contributed by atoms with van der Waals surface area (Å²) in [5.41, 5.74) is 0. The molecule has 0 aliphatic carbocycles. The van der Waals surface area contributed by atoms with E-state index in [0.717, 1.165) is 38.5 Å². The van der Waals surface area contributed by atoms with Crippen molar-refractivity contribution in [3.05, 3.63) is 36.5 Å². The van der Waals surface area contributed by atoms with Crippen LogP contribution in [0.3, 0.4) is 0 Å². The minimum absolute atomic E-state index is 0.393. The van der Waals surface area contributed by atoms with Crippen molar-refractivity contribution in [3.63, 3.8) is 0 Å². The van der Waals surface area contributed by atoms with E-state index in [1.165, 1.54) is 25.7 Å². The molecule has 1 heteroatoms. The average Bonchev–Trinajstić information content (AvgIpc) is 2.50. The number of ketones is 1. The Balaban J connectivity index is 3.34. The van der Waals surface area contributed by atoms with E-state index in [1.807, 2.05) is 6.92 Å². The lowest BCUT2D eigenvalue weighted by molar-refractivity contribution is -0.118. The minimum Gasteiger partial charge on any atom is -0.300 e. The monoisotopic (exact) mass is 290 g/mol. The van der Waals surface area contributed by atoms with Crippen LogP contribution in [0, 0.1) is 0 Å². The third kappa shape index (κ3) is 16.8. The zero-order valence-electron chi connectivity index (χ0n) is 14.2. The number of carbonyl (C=O) groups is 1. The standard InChI is InChI=1S/C20H34O/c1-3-5-6-7-8-9-10-11-12-13-14-15-16-17-18-19-20(21)4-2/h8-9,11-12,14-15H,3-7,10,13,16-19H2,1-2H3/b9-8-,12-11-,15-14-. The molecule has 0 heterocycles. The van der Waals surface area contributed by atoms with Gasteiger partial charge in [0.05, 0.1) is 0 Å². The Morgan fingerprint density at radius 1 is 0.714 bits per heavy atom. The maximum atomic E-state index is 11.1. The van der Waals surface area contributed by atoms with E-state index in [9.17, 15) is 4.79 Å². The van der Waals surface area contributed by atoms with E-state index in [2.05, 4.69) is 43.4 Å². The maximum absolute atomic E-state index is 11.1. The van der Waals surface area contributed by atoms with Crippen LogP contribution in [0.5, 0.6) is 0 Å². The fraction of sp³-hybridized carbons (Fsp3) is 0.650. The van der Waals surface area contributed by atoms with E-state index in [1.54, 1.807) is 0 Å². The first-order valence-electron chi connectivity index (χ1n) is 8.77. The number of Topliss-reactive ketones (excluding diaryl/α,β-unsaturated/α-hetero) is 1. The Kier molecular flexibility index (Phi) is 16.0. The molecular formula is C20H34O. The topological polar surface area (TPSA) is 17.1 Å². The first kappa shape index (κ1) is 19.9. The van der Waals surface area contributed by atoms with Crippen LogP contribution in [0.25, 0.3) is 0 Å². The Hall–Kier alpha value is -1.11. The highest BCUT2D eigenvalue weighted by Gasteiger charge is 1.95. The van der Waals surface area contributed by atoms with Crippen LogP contribution in [0.1, 0.15) is 84.5 Å². The van der Waals surface area contributed by atoms with Crippen molar-refractivity contribution in [1.29, 1.82) is 0 Å². The smallest absolute Gasteiger partial charge is 0.132 e. The summed E-state index contributed by atoms with van der Waals surface area (Å²) < 4.78 is 0. The van der Waals surface area contributed by atoms with Gasteiger partial charge in [-0.05, 0) is 44.9 Å². The molecule has 0 saturated carbocycles.